The topological polar surface area (TPSA) is 82.5 Å². The molecule has 0 saturated carbocycles. The van der Waals surface area contributed by atoms with Gasteiger partial charge < -0.3 is 10.2 Å². The van der Waals surface area contributed by atoms with Gasteiger partial charge >= 0.3 is 0 Å². The first kappa shape index (κ1) is 18.4. The van der Waals surface area contributed by atoms with E-state index in [0.29, 0.717) is 18.1 Å². The van der Waals surface area contributed by atoms with Gasteiger partial charge in [0.05, 0.1) is 0 Å². The van der Waals surface area contributed by atoms with Gasteiger partial charge in [-0.25, -0.2) is 9.50 Å². The number of aromatic nitrogens is 3. The molecule has 4 rings (SSSR count). The number of amides is 1. The second kappa shape index (κ2) is 7.98. The summed E-state index contributed by atoms with van der Waals surface area (Å²) in [5.41, 5.74) is 2.39. The van der Waals surface area contributed by atoms with Crippen molar-refractivity contribution in [2.45, 2.75) is 25.7 Å². The fourth-order valence-corrected chi connectivity index (χ4v) is 3.91. The predicted molar refractivity (Wildman–Crippen MR) is 108 cm³/mol. The highest BCUT2D eigenvalue weighted by Gasteiger charge is 2.21. The monoisotopic (exact) mass is 379 g/mol. The van der Waals surface area contributed by atoms with Crippen molar-refractivity contribution in [1.82, 2.24) is 24.8 Å². The summed E-state index contributed by atoms with van der Waals surface area (Å²) in [5.74, 6) is 0.161. The van der Waals surface area contributed by atoms with E-state index in [1.54, 1.807) is 6.07 Å². The van der Waals surface area contributed by atoms with Crippen molar-refractivity contribution in [3.63, 3.8) is 0 Å². The minimum atomic E-state index is -0.379. The summed E-state index contributed by atoms with van der Waals surface area (Å²) in [6, 6.07) is 12.4. The molecule has 1 fully saturated rings. The van der Waals surface area contributed by atoms with E-state index in [1.165, 1.54) is 22.7 Å². The Bertz CT molecular complexity index is 1020. The smallest absolute Gasteiger partial charge is 0.285 e. The molecule has 1 aliphatic rings. The fourth-order valence-electron chi connectivity index (χ4n) is 3.91. The predicted octanol–water partition coefficient (Wildman–Crippen LogP) is 1.94. The first-order valence-electron chi connectivity index (χ1n) is 9.74. The molecular formula is C21H25N5O2. The number of hydrogen-bond acceptors (Lipinski definition) is 4. The van der Waals surface area contributed by atoms with Crippen LogP contribution in [0.4, 0.5) is 0 Å². The first-order valence-corrected chi connectivity index (χ1v) is 9.74. The molecule has 3 aromatic rings. The van der Waals surface area contributed by atoms with Gasteiger partial charge in [0.25, 0.3) is 11.5 Å². The van der Waals surface area contributed by atoms with Gasteiger partial charge in [-0.15, -0.1) is 0 Å². The molecule has 2 N–H and O–H groups in total. The van der Waals surface area contributed by atoms with E-state index in [0.717, 1.165) is 31.7 Å². The molecule has 1 atom stereocenters. The van der Waals surface area contributed by atoms with Crippen molar-refractivity contribution in [1.29, 1.82) is 0 Å². The number of fused-ring (bicyclic) bond motifs is 1. The Kier molecular flexibility index (Phi) is 5.25. The second-order valence-electron chi connectivity index (χ2n) is 7.42. The summed E-state index contributed by atoms with van der Waals surface area (Å²) in [7, 11) is 0. The Morgan fingerprint density at radius 3 is 2.96 bits per heavy atom. The maximum Gasteiger partial charge on any atom is 0.285 e. The molecule has 1 unspecified atom stereocenters. The van der Waals surface area contributed by atoms with Gasteiger partial charge in [0, 0.05) is 37.6 Å². The molecule has 1 aliphatic heterocycles. The zero-order valence-corrected chi connectivity index (χ0v) is 16.0. The van der Waals surface area contributed by atoms with Gasteiger partial charge in [-0.2, -0.15) is 0 Å². The van der Waals surface area contributed by atoms with Crippen molar-refractivity contribution in [2.24, 2.45) is 0 Å². The van der Waals surface area contributed by atoms with Crippen LogP contribution in [0.1, 0.15) is 40.4 Å². The number of H-pyrrole nitrogens is 1. The molecule has 7 nitrogen and oxygen atoms in total. The first-order chi connectivity index (χ1) is 13.6. The quantitative estimate of drug-likeness (QED) is 0.710. The normalized spacial score (nSPS) is 17.7. The van der Waals surface area contributed by atoms with E-state index in [9.17, 15) is 9.59 Å². The van der Waals surface area contributed by atoms with Crippen LogP contribution in [0.2, 0.25) is 0 Å². The summed E-state index contributed by atoms with van der Waals surface area (Å²) < 4.78 is 1.30. The standard InChI is InChI=1S/C21H25N5O2/c1-15-12-19-23-13-18(21(28)26(19)24-15)20(27)22-9-11-25-10-5-8-17(14-25)16-6-3-2-4-7-16/h2-4,6-7,12-13,17,24H,5,8-11,14H2,1H3,(H,22,27). The number of nitrogens with one attached hydrogen (secondary N) is 2. The lowest BCUT2D eigenvalue weighted by molar-refractivity contribution is 0.0943. The molecule has 28 heavy (non-hydrogen) atoms. The summed E-state index contributed by atoms with van der Waals surface area (Å²) in [4.78, 5) is 31.5. The highest BCUT2D eigenvalue weighted by atomic mass is 16.2. The average Bonchev–Trinajstić information content (AvgIpc) is 3.10. The van der Waals surface area contributed by atoms with E-state index in [4.69, 9.17) is 0 Å². The van der Waals surface area contributed by atoms with Crippen LogP contribution in [0.15, 0.2) is 47.4 Å². The van der Waals surface area contributed by atoms with Crippen LogP contribution in [0.25, 0.3) is 5.65 Å². The number of carbonyl (C=O) groups is 1. The molecule has 0 radical (unpaired) electrons. The van der Waals surface area contributed by atoms with E-state index in [1.807, 2.05) is 13.0 Å². The third-order valence-electron chi connectivity index (χ3n) is 5.36. The Hall–Kier alpha value is -2.93. The number of likely N-dealkylation sites (tertiary alicyclic amines) is 1. The third kappa shape index (κ3) is 3.84. The van der Waals surface area contributed by atoms with E-state index in [-0.39, 0.29) is 17.0 Å². The van der Waals surface area contributed by atoms with Gasteiger partial charge in [0.15, 0.2) is 5.65 Å². The van der Waals surface area contributed by atoms with Crippen LogP contribution in [0, 0.1) is 6.92 Å². The highest BCUT2D eigenvalue weighted by Crippen LogP contribution is 2.26. The van der Waals surface area contributed by atoms with Gasteiger partial charge in [-0.1, -0.05) is 30.3 Å². The van der Waals surface area contributed by atoms with Crippen LogP contribution in [0.3, 0.4) is 0 Å². The lowest BCUT2D eigenvalue weighted by Gasteiger charge is -2.33. The number of rotatable bonds is 5. The summed E-state index contributed by atoms with van der Waals surface area (Å²) in [6.07, 6.45) is 3.71. The molecule has 146 valence electrons. The van der Waals surface area contributed by atoms with Crippen LogP contribution in [-0.4, -0.2) is 51.6 Å². The molecule has 0 bridgehead atoms. The van der Waals surface area contributed by atoms with E-state index >= 15 is 0 Å². The number of nitrogens with zero attached hydrogens (tertiary/aromatic N) is 3. The Morgan fingerprint density at radius 1 is 1.32 bits per heavy atom. The van der Waals surface area contributed by atoms with Crippen molar-refractivity contribution in [3.8, 4) is 0 Å². The third-order valence-corrected chi connectivity index (χ3v) is 5.36. The molecule has 1 amide bonds. The molecule has 2 aromatic heterocycles. The SMILES string of the molecule is Cc1cc2ncc(C(=O)NCCN3CCCC(c4ccccc4)C3)c(=O)n2[nH]1. The Labute approximate surface area is 163 Å². The van der Waals surface area contributed by atoms with Crippen LogP contribution in [-0.2, 0) is 0 Å². The van der Waals surface area contributed by atoms with Gasteiger partial charge in [0.2, 0.25) is 0 Å². The van der Waals surface area contributed by atoms with E-state index in [2.05, 4.69) is 44.6 Å². The molecule has 3 heterocycles. The molecule has 0 aliphatic carbocycles. The minimum Gasteiger partial charge on any atom is -0.351 e. The average molecular weight is 379 g/mol. The van der Waals surface area contributed by atoms with Crippen molar-refractivity contribution < 1.29 is 4.79 Å². The van der Waals surface area contributed by atoms with Crippen molar-refractivity contribution in [3.05, 3.63) is 69.8 Å². The summed E-state index contributed by atoms with van der Waals surface area (Å²) in [5, 5.41) is 5.77. The minimum absolute atomic E-state index is 0.0557. The zero-order chi connectivity index (χ0) is 19.5. The Balaban J connectivity index is 1.34. The van der Waals surface area contributed by atoms with Crippen LogP contribution in [0.5, 0.6) is 0 Å². The van der Waals surface area contributed by atoms with Gasteiger partial charge in [0.1, 0.15) is 5.56 Å². The highest BCUT2D eigenvalue weighted by molar-refractivity contribution is 5.93. The second-order valence-corrected chi connectivity index (χ2v) is 7.42. The summed E-state index contributed by atoms with van der Waals surface area (Å²) >= 11 is 0. The van der Waals surface area contributed by atoms with Crippen molar-refractivity contribution >= 4 is 11.6 Å². The Morgan fingerprint density at radius 2 is 2.14 bits per heavy atom. The number of carbonyl (C=O) groups excluding carboxylic acids is 1. The molecular weight excluding hydrogens is 354 g/mol. The number of aryl methyl sites for hydroxylation is 1. The number of aromatic amines is 1. The van der Waals surface area contributed by atoms with Crippen LogP contribution < -0.4 is 10.9 Å². The van der Waals surface area contributed by atoms with Crippen LogP contribution >= 0.6 is 0 Å². The van der Waals surface area contributed by atoms with Gasteiger partial charge in [-0.3, -0.25) is 14.7 Å². The zero-order valence-electron chi connectivity index (χ0n) is 16.0. The summed E-state index contributed by atoms with van der Waals surface area (Å²) in [6.45, 7) is 5.16. The largest absolute Gasteiger partial charge is 0.351 e. The molecule has 0 spiro atoms. The number of piperidine rings is 1. The maximum atomic E-state index is 12.5. The fraction of sp³-hybridized carbons (Fsp3) is 0.381. The number of hydrogen-bond donors (Lipinski definition) is 2. The maximum absolute atomic E-state index is 12.5. The molecule has 1 aromatic carbocycles. The van der Waals surface area contributed by atoms with Crippen molar-refractivity contribution in [2.75, 3.05) is 26.2 Å². The van der Waals surface area contributed by atoms with E-state index < -0.39 is 0 Å². The molecule has 1 saturated heterocycles. The lowest BCUT2D eigenvalue weighted by atomic mass is 9.91. The molecule has 7 heteroatoms. The lowest BCUT2D eigenvalue weighted by Crippen LogP contribution is -2.41. The number of benzene rings is 1. The van der Waals surface area contributed by atoms with Gasteiger partial charge in [-0.05, 0) is 37.8 Å².